The molecule has 0 radical (unpaired) electrons. The summed E-state index contributed by atoms with van der Waals surface area (Å²) in [6.07, 6.45) is 2.42. The van der Waals surface area contributed by atoms with E-state index in [4.69, 9.17) is 5.26 Å². The van der Waals surface area contributed by atoms with Crippen molar-refractivity contribution >= 4 is 22.7 Å². The van der Waals surface area contributed by atoms with Gasteiger partial charge in [-0.25, -0.2) is 14.4 Å². The van der Waals surface area contributed by atoms with Gasteiger partial charge in [-0.05, 0) is 36.6 Å². The maximum absolute atomic E-state index is 14.7. The topological polar surface area (TPSA) is 62.5 Å². The van der Waals surface area contributed by atoms with Gasteiger partial charge in [-0.2, -0.15) is 14.0 Å². The number of benzene rings is 1. The lowest BCUT2D eigenvalue weighted by molar-refractivity contribution is 0.0277. The molecule has 0 aliphatic rings. The molecule has 0 saturated heterocycles. The van der Waals surface area contributed by atoms with Crippen LogP contribution in [0.2, 0.25) is 0 Å². The number of thioether (sulfide) groups is 1. The molecule has 0 aliphatic carbocycles. The monoisotopic (exact) mass is 346 g/mol. The number of aromatic nitrogens is 3. The first kappa shape index (κ1) is 16.2. The van der Waals surface area contributed by atoms with Crippen LogP contribution in [0.3, 0.4) is 0 Å². The summed E-state index contributed by atoms with van der Waals surface area (Å²) >= 11 is 1.19. The number of pyridine rings is 1. The van der Waals surface area contributed by atoms with E-state index in [0.717, 1.165) is 12.1 Å². The highest BCUT2D eigenvalue weighted by atomic mass is 32.2. The number of rotatable bonds is 3. The highest BCUT2D eigenvalue weighted by Gasteiger charge is 2.39. The summed E-state index contributed by atoms with van der Waals surface area (Å²) in [7, 11) is 0. The first-order valence-corrected chi connectivity index (χ1v) is 7.94. The van der Waals surface area contributed by atoms with E-state index in [2.05, 4.69) is 15.0 Å². The van der Waals surface area contributed by atoms with Gasteiger partial charge < -0.3 is 0 Å². The van der Waals surface area contributed by atoms with Crippen LogP contribution in [-0.4, -0.2) is 21.2 Å². The Morgan fingerprint density at radius 2 is 1.96 bits per heavy atom. The van der Waals surface area contributed by atoms with Gasteiger partial charge in [-0.3, -0.25) is 4.98 Å². The van der Waals surface area contributed by atoms with E-state index in [-0.39, 0.29) is 5.52 Å². The molecule has 3 aromatic rings. The molecule has 0 amide bonds. The van der Waals surface area contributed by atoms with Crippen LogP contribution in [0.5, 0.6) is 0 Å². The van der Waals surface area contributed by atoms with E-state index in [1.54, 1.807) is 18.4 Å². The Balaban J connectivity index is 2.21. The fraction of sp³-hybridized carbons (Fsp3) is 0.125. The molecule has 8 heteroatoms. The van der Waals surface area contributed by atoms with E-state index < -0.39 is 23.3 Å². The standard InChI is InChI=1S/C16H9F3N4S/c1-24-14-11-4-2-9(7-20)6-12(11)22-15(23-14)16(18,19)13-5-3-10(17)8-21-13/h2-6,8H,1H3. The van der Waals surface area contributed by atoms with Crippen LogP contribution in [-0.2, 0) is 5.92 Å². The molecular weight excluding hydrogens is 337 g/mol. The lowest BCUT2D eigenvalue weighted by atomic mass is 10.1. The molecule has 3 rings (SSSR count). The van der Waals surface area contributed by atoms with Gasteiger partial charge >= 0.3 is 5.92 Å². The van der Waals surface area contributed by atoms with Crippen LogP contribution >= 0.6 is 11.8 Å². The minimum absolute atomic E-state index is 0.241. The summed E-state index contributed by atoms with van der Waals surface area (Å²) in [5.74, 6) is -5.04. The van der Waals surface area contributed by atoms with Gasteiger partial charge in [0.1, 0.15) is 16.5 Å². The van der Waals surface area contributed by atoms with E-state index in [9.17, 15) is 13.2 Å². The van der Waals surface area contributed by atoms with Gasteiger partial charge in [0.05, 0.1) is 23.3 Å². The number of nitriles is 1. The predicted octanol–water partition coefficient (Wildman–Crippen LogP) is 3.90. The van der Waals surface area contributed by atoms with Crippen LogP contribution in [0.1, 0.15) is 17.1 Å². The Morgan fingerprint density at radius 3 is 2.58 bits per heavy atom. The van der Waals surface area contributed by atoms with Gasteiger partial charge in [0, 0.05) is 5.39 Å². The van der Waals surface area contributed by atoms with Gasteiger partial charge in [0.15, 0.2) is 0 Å². The second kappa shape index (κ2) is 6.09. The fourth-order valence-electron chi connectivity index (χ4n) is 2.14. The third-order valence-corrected chi connectivity index (χ3v) is 4.01. The largest absolute Gasteiger partial charge is 0.348 e. The van der Waals surface area contributed by atoms with Crippen LogP contribution in [0.4, 0.5) is 13.2 Å². The van der Waals surface area contributed by atoms with Crippen molar-refractivity contribution < 1.29 is 13.2 Å². The number of fused-ring (bicyclic) bond motifs is 1. The lowest BCUT2D eigenvalue weighted by Crippen LogP contribution is -2.21. The van der Waals surface area contributed by atoms with Gasteiger partial charge in [0.25, 0.3) is 0 Å². The normalized spacial score (nSPS) is 11.5. The van der Waals surface area contributed by atoms with Crippen molar-refractivity contribution in [3.8, 4) is 6.07 Å². The molecule has 1 aromatic carbocycles. The highest BCUT2D eigenvalue weighted by molar-refractivity contribution is 7.98. The van der Waals surface area contributed by atoms with Crippen molar-refractivity contribution in [2.45, 2.75) is 10.9 Å². The minimum Gasteiger partial charge on any atom is -0.251 e. The zero-order valence-corrected chi connectivity index (χ0v) is 13.1. The zero-order chi connectivity index (χ0) is 17.3. The maximum Gasteiger partial charge on any atom is 0.348 e. The average Bonchev–Trinajstić information content (AvgIpc) is 2.60. The van der Waals surface area contributed by atoms with Crippen molar-refractivity contribution in [1.29, 1.82) is 5.26 Å². The summed E-state index contributed by atoms with van der Waals surface area (Å²) < 4.78 is 42.2. The molecule has 0 atom stereocenters. The number of nitrogens with zero attached hydrogens (tertiary/aromatic N) is 4. The molecule has 2 aromatic heterocycles. The second-order valence-corrected chi connectivity index (χ2v) is 5.63. The summed E-state index contributed by atoms with van der Waals surface area (Å²) in [6.45, 7) is 0. The molecule has 24 heavy (non-hydrogen) atoms. The SMILES string of the molecule is CSc1nc(C(F)(F)c2ccc(F)cn2)nc2cc(C#N)ccc12. The Kier molecular flexibility index (Phi) is 4.11. The van der Waals surface area contributed by atoms with Gasteiger partial charge in [-0.15, -0.1) is 11.8 Å². The molecule has 0 spiro atoms. The summed E-state index contributed by atoms with van der Waals surface area (Å²) in [5, 5.41) is 9.90. The van der Waals surface area contributed by atoms with Crippen LogP contribution in [0.25, 0.3) is 10.9 Å². The van der Waals surface area contributed by atoms with Crippen molar-refractivity contribution in [3.63, 3.8) is 0 Å². The minimum atomic E-state index is -3.59. The van der Waals surface area contributed by atoms with E-state index in [1.165, 1.54) is 17.8 Å². The fourth-order valence-corrected chi connectivity index (χ4v) is 2.71. The number of halogens is 3. The molecule has 0 N–H and O–H groups in total. The lowest BCUT2D eigenvalue weighted by Gasteiger charge is -2.16. The van der Waals surface area contributed by atoms with E-state index in [1.807, 2.05) is 6.07 Å². The summed E-state index contributed by atoms with van der Waals surface area (Å²) in [5.41, 5.74) is -0.0978. The average molecular weight is 346 g/mol. The van der Waals surface area contributed by atoms with Crippen molar-refractivity contribution in [1.82, 2.24) is 15.0 Å². The smallest absolute Gasteiger partial charge is 0.251 e. The Labute approximate surface area is 139 Å². The maximum atomic E-state index is 14.7. The second-order valence-electron chi connectivity index (χ2n) is 4.84. The molecular formula is C16H9F3N4S. The Hall–Kier alpha value is -2.66. The van der Waals surface area contributed by atoms with Crippen LogP contribution < -0.4 is 0 Å². The molecule has 0 unspecified atom stereocenters. The number of alkyl halides is 2. The van der Waals surface area contributed by atoms with Gasteiger partial charge in [-0.1, -0.05) is 0 Å². The van der Waals surface area contributed by atoms with Crippen molar-refractivity contribution in [2.24, 2.45) is 0 Å². The quantitative estimate of drug-likeness (QED) is 0.532. The molecule has 2 heterocycles. The third-order valence-electron chi connectivity index (χ3n) is 3.31. The van der Waals surface area contributed by atoms with Gasteiger partial charge in [0.2, 0.25) is 5.82 Å². The van der Waals surface area contributed by atoms with Crippen LogP contribution in [0.15, 0.2) is 41.6 Å². The van der Waals surface area contributed by atoms with E-state index in [0.29, 0.717) is 22.2 Å². The third kappa shape index (κ3) is 2.78. The highest BCUT2D eigenvalue weighted by Crippen LogP contribution is 2.35. The Bertz CT molecular complexity index is 952. The Morgan fingerprint density at radius 1 is 1.17 bits per heavy atom. The summed E-state index contributed by atoms with van der Waals surface area (Å²) in [4.78, 5) is 11.3. The zero-order valence-electron chi connectivity index (χ0n) is 12.3. The first-order chi connectivity index (χ1) is 11.5. The molecule has 0 saturated carbocycles. The first-order valence-electron chi connectivity index (χ1n) is 6.72. The van der Waals surface area contributed by atoms with Crippen LogP contribution in [0, 0.1) is 17.1 Å². The number of hydrogen-bond donors (Lipinski definition) is 0. The predicted molar refractivity (Wildman–Crippen MR) is 83.2 cm³/mol. The van der Waals surface area contributed by atoms with E-state index >= 15 is 0 Å². The molecule has 0 fully saturated rings. The van der Waals surface area contributed by atoms with Crippen molar-refractivity contribution in [3.05, 3.63) is 59.4 Å². The number of hydrogen-bond acceptors (Lipinski definition) is 5. The molecule has 0 aliphatic heterocycles. The molecule has 4 nitrogen and oxygen atoms in total. The van der Waals surface area contributed by atoms with Crippen molar-refractivity contribution in [2.75, 3.05) is 6.26 Å². The molecule has 0 bridgehead atoms. The summed E-state index contributed by atoms with van der Waals surface area (Å²) in [6, 6.07) is 8.37. The molecule has 120 valence electrons.